The first-order valence-electron chi connectivity index (χ1n) is 9.95. The Balaban J connectivity index is 1.60. The van der Waals surface area contributed by atoms with Crippen LogP contribution in [0.15, 0.2) is 66.9 Å². The number of likely N-dealkylation sites (N-methyl/N-ethyl adjacent to an activating group) is 1. The first kappa shape index (κ1) is 19.4. The zero-order valence-corrected chi connectivity index (χ0v) is 16.6. The highest BCUT2D eigenvalue weighted by atomic mass is 16.5. The fourth-order valence-corrected chi connectivity index (χ4v) is 3.72. The van der Waals surface area contributed by atoms with E-state index in [1.165, 1.54) is 0 Å². The summed E-state index contributed by atoms with van der Waals surface area (Å²) in [6.45, 7) is 0.915. The third-order valence-electron chi connectivity index (χ3n) is 5.29. The summed E-state index contributed by atoms with van der Waals surface area (Å²) in [7, 11) is 1.82. The average molecular weight is 390 g/mol. The molecule has 4 rings (SSSR count). The normalized spacial score (nSPS) is 18.7. The van der Waals surface area contributed by atoms with Crippen molar-refractivity contribution in [1.82, 2.24) is 14.7 Å². The zero-order valence-electron chi connectivity index (χ0n) is 16.6. The second kappa shape index (κ2) is 8.59. The topological polar surface area (TPSA) is 73.4 Å². The van der Waals surface area contributed by atoms with Crippen molar-refractivity contribution in [1.29, 1.82) is 0 Å². The van der Waals surface area contributed by atoms with E-state index in [0.717, 1.165) is 35.3 Å². The van der Waals surface area contributed by atoms with E-state index in [2.05, 4.69) is 0 Å². The molecule has 1 fully saturated rings. The Bertz CT molecular complexity index is 956. The Kier molecular flexibility index (Phi) is 5.74. The number of carbonyl (C=O) groups is 1. The van der Waals surface area contributed by atoms with Gasteiger partial charge in [-0.05, 0) is 25.0 Å². The number of benzene rings is 2. The molecule has 2 aromatic carbocycles. The lowest BCUT2D eigenvalue weighted by Gasteiger charge is -2.21. The van der Waals surface area contributed by atoms with Crippen LogP contribution in [0.4, 0.5) is 0 Å². The Morgan fingerprint density at radius 2 is 1.83 bits per heavy atom. The molecular weight excluding hydrogens is 364 g/mol. The fraction of sp³-hybridized carbons (Fsp3) is 0.304. The smallest absolute Gasteiger partial charge is 0.251 e. The third kappa shape index (κ3) is 4.23. The van der Waals surface area contributed by atoms with Crippen molar-refractivity contribution in [2.45, 2.75) is 31.6 Å². The Labute approximate surface area is 170 Å². The van der Waals surface area contributed by atoms with Gasteiger partial charge < -0.3 is 15.4 Å². The minimum Gasteiger partial charge on any atom is -0.364 e. The van der Waals surface area contributed by atoms with Gasteiger partial charge in [-0.1, -0.05) is 48.5 Å². The number of nitrogens with two attached hydrogens (primary N) is 1. The van der Waals surface area contributed by atoms with E-state index in [1.807, 2.05) is 78.6 Å². The maximum atomic E-state index is 12.9. The maximum Gasteiger partial charge on any atom is 0.251 e. The highest BCUT2D eigenvalue weighted by molar-refractivity contribution is 5.81. The van der Waals surface area contributed by atoms with E-state index in [0.29, 0.717) is 13.1 Å². The molecule has 0 radical (unpaired) electrons. The van der Waals surface area contributed by atoms with Gasteiger partial charge in [0.2, 0.25) is 0 Å². The van der Waals surface area contributed by atoms with Gasteiger partial charge in [-0.15, -0.1) is 0 Å². The number of ether oxygens (including phenoxy) is 1. The van der Waals surface area contributed by atoms with E-state index in [9.17, 15) is 4.79 Å². The van der Waals surface area contributed by atoms with E-state index in [-0.39, 0.29) is 12.0 Å². The number of carbonyl (C=O) groups excluding carboxylic acids is 1. The summed E-state index contributed by atoms with van der Waals surface area (Å²) >= 11 is 0. The van der Waals surface area contributed by atoms with Crippen LogP contribution in [-0.4, -0.2) is 46.4 Å². The lowest BCUT2D eigenvalue weighted by molar-refractivity contribution is -0.141. The highest BCUT2D eigenvalue weighted by Gasteiger charge is 2.32. The quantitative estimate of drug-likeness (QED) is 0.702. The third-order valence-corrected chi connectivity index (χ3v) is 5.29. The average Bonchev–Trinajstić information content (AvgIpc) is 3.42. The number of amides is 1. The molecule has 1 aliphatic heterocycles. The van der Waals surface area contributed by atoms with Gasteiger partial charge in [-0.3, -0.25) is 4.79 Å². The van der Waals surface area contributed by atoms with Crippen molar-refractivity contribution in [2.75, 3.05) is 13.6 Å². The molecule has 1 aliphatic rings. The number of hydrogen-bond donors (Lipinski definition) is 1. The Morgan fingerprint density at radius 1 is 1.14 bits per heavy atom. The predicted octanol–water partition coefficient (Wildman–Crippen LogP) is 3.00. The lowest BCUT2D eigenvalue weighted by atomic mass is 10.1. The molecule has 1 aromatic heterocycles. The van der Waals surface area contributed by atoms with E-state index in [4.69, 9.17) is 15.6 Å². The first-order chi connectivity index (χ1) is 14.2. The Morgan fingerprint density at radius 3 is 2.48 bits per heavy atom. The summed E-state index contributed by atoms with van der Waals surface area (Å²) in [4.78, 5) is 14.6. The van der Waals surface area contributed by atoms with Crippen LogP contribution in [0.25, 0.3) is 16.9 Å². The molecule has 2 atom stereocenters. The Hall–Kier alpha value is -2.96. The summed E-state index contributed by atoms with van der Waals surface area (Å²) in [6, 6.07) is 20.0. The van der Waals surface area contributed by atoms with Gasteiger partial charge in [0.15, 0.2) is 0 Å². The molecule has 0 spiro atoms. The summed E-state index contributed by atoms with van der Waals surface area (Å²) in [5, 5.41) is 4.82. The summed E-state index contributed by atoms with van der Waals surface area (Å²) < 4.78 is 7.65. The van der Waals surface area contributed by atoms with Gasteiger partial charge in [-0.2, -0.15) is 5.10 Å². The minimum absolute atomic E-state index is 0.00702. The van der Waals surface area contributed by atoms with Gasteiger partial charge in [0, 0.05) is 37.5 Å². The maximum absolute atomic E-state index is 12.9. The van der Waals surface area contributed by atoms with Crippen LogP contribution >= 0.6 is 0 Å². The number of nitrogens with zero attached hydrogens (tertiary/aromatic N) is 3. The molecule has 6 nitrogen and oxygen atoms in total. The van der Waals surface area contributed by atoms with Gasteiger partial charge in [-0.25, -0.2) is 4.68 Å². The molecule has 1 saturated heterocycles. The van der Waals surface area contributed by atoms with Gasteiger partial charge in [0.1, 0.15) is 6.10 Å². The molecule has 6 heteroatoms. The fourth-order valence-electron chi connectivity index (χ4n) is 3.72. The van der Waals surface area contributed by atoms with Crippen molar-refractivity contribution in [3.8, 4) is 16.9 Å². The van der Waals surface area contributed by atoms with Crippen molar-refractivity contribution >= 4 is 5.91 Å². The van der Waals surface area contributed by atoms with Crippen molar-refractivity contribution in [3.63, 3.8) is 0 Å². The largest absolute Gasteiger partial charge is 0.364 e. The number of aromatic nitrogens is 2. The van der Waals surface area contributed by atoms with Crippen molar-refractivity contribution in [3.05, 3.63) is 72.4 Å². The van der Waals surface area contributed by atoms with Crippen LogP contribution in [0.5, 0.6) is 0 Å². The molecule has 0 bridgehead atoms. The summed E-state index contributed by atoms with van der Waals surface area (Å²) in [5.74, 6) is -0.00702. The van der Waals surface area contributed by atoms with Gasteiger partial charge in [0.25, 0.3) is 5.91 Å². The predicted molar refractivity (Wildman–Crippen MR) is 112 cm³/mol. The number of para-hydroxylation sites is 1. The molecule has 150 valence electrons. The van der Waals surface area contributed by atoms with Gasteiger partial charge in [0.05, 0.1) is 17.5 Å². The van der Waals surface area contributed by atoms with Crippen LogP contribution in [-0.2, 0) is 16.1 Å². The van der Waals surface area contributed by atoms with Crippen LogP contribution in [0.1, 0.15) is 18.4 Å². The second-order valence-electron chi connectivity index (χ2n) is 7.40. The number of hydrogen-bond acceptors (Lipinski definition) is 4. The molecule has 2 heterocycles. The molecule has 2 N–H and O–H groups in total. The molecule has 29 heavy (non-hydrogen) atoms. The summed E-state index contributed by atoms with van der Waals surface area (Å²) in [6.07, 6.45) is 3.14. The minimum atomic E-state index is -0.405. The lowest BCUT2D eigenvalue weighted by Crippen LogP contribution is -2.36. The van der Waals surface area contributed by atoms with E-state index in [1.54, 1.807) is 4.90 Å². The van der Waals surface area contributed by atoms with Crippen LogP contribution in [0.2, 0.25) is 0 Å². The zero-order chi connectivity index (χ0) is 20.2. The molecule has 0 saturated carbocycles. The molecule has 0 unspecified atom stereocenters. The van der Waals surface area contributed by atoms with E-state index < -0.39 is 6.10 Å². The van der Waals surface area contributed by atoms with Crippen LogP contribution in [0.3, 0.4) is 0 Å². The monoisotopic (exact) mass is 390 g/mol. The van der Waals surface area contributed by atoms with Crippen molar-refractivity contribution < 1.29 is 9.53 Å². The second-order valence-corrected chi connectivity index (χ2v) is 7.40. The first-order valence-corrected chi connectivity index (χ1v) is 9.95. The van der Waals surface area contributed by atoms with E-state index >= 15 is 0 Å². The van der Waals surface area contributed by atoms with Crippen LogP contribution < -0.4 is 5.73 Å². The molecule has 0 aliphatic carbocycles. The standard InChI is InChI=1S/C23H26N4O2/c1-26(23(28)21-13-12-20(14-24)29-21)15-18-16-27(19-10-6-3-7-11-19)25-22(18)17-8-4-2-5-9-17/h2-11,16,20-21H,12-15,24H2,1H3/t20-,21+/m1/s1. The highest BCUT2D eigenvalue weighted by Crippen LogP contribution is 2.26. The van der Waals surface area contributed by atoms with Crippen molar-refractivity contribution in [2.24, 2.45) is 5.73 Å². The van der Waals surface area contributed by atoms with Gasteiger partial charge >= 0.3 is 0 Å². The molecule has 3 aromatic rings. The van der Waals surface area contributed by atoms with Crippen LogP contribution in [0, 0.1) is 0 Å². The molecular formula is C23H26N4O2. The SMILES string of the molecule is CN(Cc1cn(-c2ccccc2)nc1-c1ccccc1)C(=O)[C@@H]1CC[C@H](CN)O1. The number of rotatable bonds is 6. The molecule has 1 amide bonds. The summed E-state index contributed by atoms with van der Waals surface area (Å²) in [5.41, 5.74) is 9.55.